The van der Waals surface area contributed by atoms with Gasteiger partial charge in [0.05, 0.1) is 18.8 Å². The fraction of sp³-hybridized carbons (Fsp3) is 0.450. The zero-order valence-electron chi connectivity index (χ0n) is 28.7. The van der Waals surface area contributed by atoms with E-state index < -0.39 is 6.04 Å². The first kappa shape index (κ1) is 35.7. The number of hydrogen-bond donors (Lipinski definition) is 1. The number of amides is 1. The summed E-state index contributed by atoms with van der Waals surface area (Å²) in [6, 6.07) is 21.0. The summed E-state index contributed by atoms with van der Waals surface area (Å²) in [6.07, 6.45) is 7.97. The standard InChI is InChI=1S/C40H52N2O5/c1-6-8-23-45-36-26-37(46-24-9-7-2)35(25-34(36)29(3)4)39(43)42(5)28-31-21-19-30(20-22-31)27-41-38(32-15-11-10-12-16-32)40(44)47-33-17-13-14-18-33/h10-12,15-16,19-22,25-26,33,38,41H,3,6-9,13-14,17-18,23-24,27-28H2,1-2,4-5H3/t38-/m0/s1. The average molecular weight is 641 g/mol. The van der Waals surface area contributed by atoms with E-state index in [2.05, 4.69) is 25.7 Å². The smallest absolute Gasteiger partial charge is 0.328 e. The van der Waals surface area contributed by atoms with Crippen LogP contribution in [0.5, 0.6) is 11.5 Å². The maximum atomic E-state index is 13.8. The van der Waals surface area contributed by atoms with Gasteiger partial charge in [-0.3, -0.25) is 10.1 Å². The van der Waals surface area contributed by atoms with Crippen LogP contribution in [0.2, 0.25) is 0 Å². The molecule has 0 spiro atoms. The number of unbranched alkanes of at least 4 members (excludes halogenated alkanes) is 2. The van der Waals surface area contributed by atoms with Crippen LogP contribution in [0, 0.1) is 0 Å². The summed E-state index contributed by atoms with van der Waals surface area (Å²) in [5.74, 6) is 0.874. The minimum atomic E-state index is -0.540. The topological polar surface area (TPSA) is 77.1 Å². The number of allylic oxidation sites excluding steroid dienone is 1. The molecule has 0 saturated heterocycles. The highest BCUT2D eigenvalue weighted by Gasteiger charge is 2.27. The monoisotopic (exact) mass is 640 g/mol. The van der Waals surface area contributed by atoms with Crippen LogP contribution in [0.1, 0.15) is 111 Å². The fourth-order valence-electron chi connectivity index (χ4n) is 5.71. The third-order valence-corrected chi connectivity index (χ3v) is 8.54. The van der Waals surface area contributed by atoms with E-state index >= 15 is 0 Å². The minimum Gasteiger partial charge on any atom is -0.493 e. The Bertz CT molecular complexity index is 1450. The number of benzene rings is 3. The van der Waals surface area contributed by atoms with Crippen molar-refractivity contribution in [2.75, 3.05) is 20.3 Å². The van der Waals surface area contributed by atoms with Gasteiger partial charge in [-0.25, -0.2) is 4.79 Å². The predicted molar refractivity (Wildman–Crippen MR) is 189 cm³/mol. The van der Waals surface area contributed by atoms with Crippen LogP contribution in [-0.4, -0.2) is 43.1 Å². The Morgan fingerprint density at radius 1 is 0.872 bits per heavy atom. The largest absolute Gasteiger partial charge is 0.493 e. The lowest BCUT2D eigenvalue weighted by molar-refractivity contribution is -0.151. The summed E-state index contributed by atoms with van der Waals surface area (Å²) in [7, 11) is 1.81. The van der Waals surface area contributed by atoms with Gasteiger partial charge >= 0.3 is 5.97 Å². The van der Waals surface area contributed by atoms with Crippen molar-refractivity contribution in [3.63, 3.8) is 0 Å². The summed E-state index contributed by atoms with van der Waals surface area (Å²) >= 11 is 0. The van der Waals surface area contributed by atoms with Gasteiger partial charge in [0.15, 0.2) is 0 Å². The normalized spacial score (nSPS) is 13.6. The third kappa shape index (κ3) is 10.4. The molecule has 252 valence electrons. The molecule has 0 heterocycles. The first-order valence-corrected chi connectivity index (χ1v) is 17.2. The van der Waals surface area contributed by atoms with E-state index in [0.717, 1.165) is 79.2 Å². The first-order chi connectivity index (χ1) is 22.8. The summed E-state index contributed by atoms with van der Waals surface area (Å²) in [4.78, 5) is 28.7. The van der Waals surface area contributed by atoms with Gasteiger partial charge in [0.25, 0.3) is 5.91 Å². The number of rotatable bonds is 18. The van der Waals surface area contributed by atoms with E-state index in [0.29, 0.717) is 43.4 Å². The van der Waals surface area contributed by atoms with Gasteiger partial charge in [-0.05, 0) is 73.8 Å². The van der Waals surface area contributed by atoms with Crippen LogP contribution in [0.4, 0.5) is 0 Å². The lowest BCUT2D eigenvalue weighted by Gasteiger charge is -2.22. The van der Waals surface area contributed by atoms with Crippen molar-refractivity contribution in [3.8, 4) is 11.5 Å². The lowest BCUT2D eigenvalue weighted by atomic mass is 10.0. The Morgan fingerprint density at radius 2 is 1.47 bits per heavy atom. The number of esters is 1. The minimum absolute atomic E-state index is 0.0120. The fourth-order valence-corrected chi connectivity index (χ4v) is 5.71. The van der Waals surface area contributed by atoms with Gasteiger partial charge in [-0.2, -0.15) is 0 Å². The molecule has 0 unspecified atom stereocenters. The van der Waals surface area contributed by atoms with Crippen molar-refractivity contribution >= 4 is 17.4 Å². The molecule has 0 aromatic heterocycles. The molecule has 0 bridgehead atoms. The Balaban J connectivity index is 1.44. The zero-order valence-corrected chi connectivity index (χ0v) is 28.7. The molecule has 3 aromatic carbocycles. The Kier molecular flexibility index (Phi) is 13.9. The molecular formula is C40H52N2O5. The molecule has 1 atom stereocenters. The highest BCUT2D eigenvalue weighted by Crippen LogP contribution is 2.34. The summed E-state index contributed by atoms with van der Waals surface area (Å²) in [5, 5.41) is 3.42. The van der Waals surface area contributed by atoms with Crippen molar-refractivity contribution in [2.24, 2.45) is 0 Å². The summed E-state index contributed by atoms with van der Waals surface area (Å²) in [6.45, 7) is 12.4. The Morgan fingerprint density at radius 3 is 2.06 bits per heavy atom. The van der Waals surface area contributed by atoms with Crippen LogP contribution in [0.3, 0.4) is 0 Å². The summed E-state index contributed by atoms with van der Waals surface area (Å²) in [5.41, 5.74) is 5.08. The van der Waals surface area contributed by atoms with Gasteiger partial charge in [0, 0.05) is 31.8 Å². The predicted octanol–water partition coefficient (Wildman–Crippen LogP) is 8.67. The molecule has 7 nitrogen and oxygen atoms in total. The maximum Gasteiger partial charge on any atom is 0.328 e. The molecule has 1 aliphatic rings. The molecule has 1 aliphatic carbocycles. The second-order valence-electron chi connectivity index (χ2n) is 12.6. The van der Waals surface area contributed by atoms with Crippen LogP contribution in [-0.2, 0) is 22.6 Å². The van der Waals surface area contributed by atoms with Gasteiger partial charge in [-0.15, -0.1) is 0 Å². The maximum absolute atomic E-state index is 13.8. The molecule has 1 fully saturated rings. The number of nitrogens with one attached hydrogen (secondary N) is 1. The van der Waals surface area contributed by atoms with E-state index in [-0.39, 0.29) is 18.0 Å². The van der Waals surface area contributed by atoms with Crippen molar-refractivity contribution in [2.45, 2.75) is 97.4 Å². The van der Waals surface area contributed by atoms with E-state index in [1.807, 2.05) is 73.7 Å². The van der Waals surface area contributed by atoms with Gasteiger partial charge < -0.3 is 19.1 Å². The van der Waals surface area contributed by atoms with E-state index in [4.69, 9.17) is 14.2 Å². The molecular weight excluding hydrogens is 588 g/mol. The van der Waals surface area contributed by atoms with Crippen LogP contribution in [0.25, 0.3) is 5.57 Å². The SMILES string of the molecule is C=C(C)c1cc(C(=O)N(C)Cc2ccc(CN[C@H](C(=O)OC3CCCC3)c3ccccc3)cc2)c(OCCCC)cc1OCCCC. The van der Waals surface area contributed by atoms with Gasteiger partial charge in [-0.1, -0.05) is 87.9 Å². The third-order valence-electron chi connectivity index (χ3n) is 8.54. The molecule has 1 N–H and O–H groups in total. The van der Waals surface area contributed by atoms with Crippen LogP contribution < -0.4 is 14.8 Å². The first-order valence-electron chi connectivity index (χ1n) is 17.2. The Hall–Kier alpha value is -4.10. The molecule has 7 heteroatoms. The lowest BCUT2D eigenvalue weighted by Crippen LogP contribution is -2.32. The number of hydrogen-bond acceptors (Lipinski definition) is 6. The molecule has 47 heavy (non-hydrogen) atoms. The second-order valence-corrected chi connectivity index (χ2v) is 12.6. The Labute approximate surface area is 281 Å². The molecule has 0 radical (unpaired) electrons. The van der Waals surface area contributed by atoms with Crippen LogP contribution in [0.15, 0.2) is 73.3 Å². The highest BCUT2D eigenvalue weighted by atomic mass is 16.5. The molecule has 1 amide bonds. The number of nitrogens with zero attached hydrogens (tertiary/aromatic N) is 1. The quantitative estimate of drug-likeness (QED) is 0.111. The van der Waals surface area contributed by atoms with Gasteiger partial charge in [0.2, 0.25) is 0 Å². The second kappa shape index (κ2) is 18.3. The number of ether oxygens (including phenoxy) is 3. The zero-order chi connectivity index (χ0) is 33.6. The number of carbonyl (C=O) groups excluding carboxylic acids is 2. The number of carbonyl (C=O) groups is 2. The van der Waals surface area contributed by atoms with Gasteiger partial charge in [0.1, 0.15) is 23.6 Å². The van der Waals surface area contributed by atoms with Crippen molar-refractivity contribution in [1.29, 1.82) is 0 Å². The van der Waals surface area contributed by atoms with E-state index in [9.17, 15) is 9.59 Å². The van der Waals surface area contributed by atoms with E-state index in [1.54, 1.807) is 11.9 Å². The molecule has 3 aromatic rings. The van der Waals surface area contributed by atoms with Crippen LogP contribution >= 0.6 is 0 Å². The molecule has 4 rings (SSSR count). The summed E-state index contributed by atoms with van der Waals surface area (Å²) < 4.78 is 18.1. The highest BCUT2D eigenvalue weighted by molar-refractivity contribution is 5.98. The average Bonchev–Trinajstić information content (AvgIpc) is 3.59. The molecule has 0 aliphatic heterocycles. The van der Waals surface area contributed by atoms with Crippen molar-refractivity contribution < 1.29 is 23.8 Å². The van der Waals surface area contributed by atoms with Crippen molar-refractivity contribution in [3.05, 3.63) is 101 Å². The van der Waals surface area contributed by atoms with Crippen molar-refractivity contribution in [1.82, 2.24) is 10.2 Å². The molecule has 1 saturated carbocycles. The van der Waals surface area contributed by atoms with E-state index in [1.165, 1.54) is 0 Å².